The van der Waals surface area contributed by atoms with Crippen molar-refractivity contribution in [1.82, 2.24) is 0 Å². The van der Waals surface area contributed by atoms with Crippen molar-refractivity contribution in [3.05, 3.63) is 121 Å². The molecule has 0 atom stereocenters. The second-order valence-corrected chi connectivity index (χ2v) is 8.56. The fraction of sp³-hybridized carbons (Fsp3) is 0.200. The maximum atomic E-state index is 2.59. The Morgan fingerprint density at radius 1 is 0.375 bits per heavy atom. The van der Waals surface area contributed by atoms with Gasteiger partial charge >= 0.3 is 0 Å². The summed E-state index contributed by atoms with van der Waals surface area (Å²) < 4.78 is 0. The predicted octanol–water partition coefficient (Wildman–Crippen LogP) is 8.32. The first-order valence-electron chi connectivity index (χ1n) is 11.7. The summed E-state index contributed by atoms with van der Waals surface area (Å²) in [6.45, 7) is 0. The Labute approximate surface area is 191 Å². The van der Waals surface area contributed by atoms with Gasteiger partial charge in [0.15, 0.2) is 0 Å². The Kier molecular flexibility index (Phi) is 5.93. The van der Waals surface area contributed by atoms with Gasteiger partial charge in [-0.05, 0) is 74.2 Å². The fourth-order valence-electron chi connectivity index (χ4n) is 5.23. The lowest BCUT2D eigenvalue weighted by atomic mass is 9.84. The zero-order valence-corrected chi connectivity index (χ0v) is 18.5. The van der Waals surface area contributed by atoms with Crippen molar-refractivity contribution in [2.45, 2.75) is 37.8 Å². The molecule has 0 heterocycles. The van der Waals surface area contributed by atoms with Gasteiger partial charge in [0.2, 0.25) is 0 Å². The quantitative estimate of drug-likeness (QED) is 0.290. The molecule has 1 saturated carbocycles. The molecule has 0 aliphatic heterocycles. The largest absolute Gasteiger partial charge is 0.318 e. The standard InChI is InChI=1S/C30H30N2/c1-6-16-26(17-7-1)31(27-18-8-2-9-19-27)30(24-14-5-15-25-30)32(28-20-10-3-11-21-28)29-22-12-4-13-23-29/h1-4,6-13,16-23H,5,14-15,24-25H2. The molecule has 1 aliphatic carbocycles. The van der Waals surface area contributed by atoms with Crippen LogP contribution in [0.2, 0.25) is 0 Å². The van der Waals surface area contributed by atoms with Gasteiger partial charge in [-0.2, -0.15) is 0 Å². The van der Waals surface area contributed by atoms with Crippen molar-refractivity contribution in [2.75, 3.05) is 9.80 Å². The number of nitrogens with zero attached hydrogens (tertiary/aromatic N) is 2. The first-order chi connectivity index (χ1) is 15.9. The van der Waals surface area contributed by atoms with Gasteiger partial charge in [-0.15, -0.1) is 0 Å². The maximum absolute atomic E-state index is 2.59. The molecule has 0 aromatic heterocycles. The smallest absolute Gasteiger partial charge is 0.122 e. The molecular weight excluding hydrogens is 388 g/mol. The van der Waals surface area contributed by atoms with E-state index in [2.05, 4.69) is 131 Å². The van der Waals surface area contributed by atoms with E-state index in [9.17, 15) is 0 Å². The highest BCUT2D eigenvalue weighted by Crippen LogP contribution is 2.48. The molecule has 0 radical (unpaired) electrons. The second kappa shape index (κ2) is 9.32. The van der Waals surface area contributed by atoms with Crippen LogP contribution in [0.15, 0.2) is 121 Å². The van der Waals surface area contributed by atoms with E-state index in [0.717, 1.165) is 12.8 Å². The van der Waals surface area contributed by atoms with Gasteiger partial charge in [0.05, 0.1) is 0 Å². The topological polar surface area (TPSA) is 6.48 Å². The van der Waals surface area contributed by atoms with Crippen molar-refractivity contribution in [3.8, 4) is 0 Å². The Hall–Kier alpha value is -3.52. The third kappa shape index (κ3) is 3.89. The number of anilines is 4. The molecule has 0 spiro atoms. The van der Waals surface area contributed by atoms with Crippen LogP contribution in [0.5, 0.6) is 0 Å². The van der Waals surface area contributed by atoms with E-state index in [1.807, 2.05) is 0 Å². The molecule has 0 bridgehead atoms. The molecule has 1 aliphatic rings. The number of rotatable bonds is 6. The third-order valence-corrected chi connectivity index (χ3v) is 6.54. The minimum Gasteiger partial charge on any atom is -0.318 e. The van der Waals surface area contributed by atoms with Gasteiger partial charge < -0.3 is 9.80 Å². The lowest BCUT2D eigenvalue weighted by Gasteiger charge is -2.55. The van der Waals surface area contributed by atoms with E-state index < -0.39 is 0 Å². The highest BCUT2D eigenvalue weighted by Gasteiger charge is 2.45. The molecule has 2 heteroatoms. The van der Waals surface area contributed by atoms with Crippen LogP contribution in [-0.2, 0) is 0 Å². The Morgan fingerprint density at radius 3 is 0.938 bits per heavy atom. The first kappa shape index (κ1) is 20.4. The zero-order valence-electron chi connectivity index (χ0n) is 18.5. The van der Waals surface area contributed by atoms with Crippen molar-refractivity contribution in [3.63, 3.8) is 0 Å². The average Bonchev–Trinajstić information content (AvgIpc) is 2.88. The number of para-hydroxylation sites is 4. The molecule has 160 valence electrons. The Morgan fingerprint density at radius 2 is 0.656 bits per heavy atom. The fourth-order valence-corrected chi connectivity index (χ4v) is 5.23. The van der Waals surface area contributed by atoms with Gasteiger partial charge in [-0.3, -0.25) is 0 Å². The van der Waals surface area contributed by atoms with E-state index in [-0.39, 0.29) is 5.66 Å². The van der Waals surface area contributed by atoms with Gasteiger partial charge in [0.25, 0.3) is 0 Å². The summed E-state index contributed by atoms with van der Waals surface area (Å²) in [5, 5.41) is 0. The van der Waals surface area contributed by atoms with Crippen molar-refractivity contribution in [1.29, 1.82) is 0 Å². The summed E-state index contributed by atoms with van der Waals surface area (Å²) in [5.41, 5.74) is 4.73. The van der Waals surface area contributed by atoms with E-state index in [1.54, 1.807) is 0 Å². The normalized spacial score (nSPS) is 15.1. The molecule has 0 saturated heterocycles. The summed E-state index contributed by atoms with van der Waals surface area (Å²) >= 11 is 0. The molecule has 0 unspecified atom stereocenters. The van der Waals surface area contributed by atoms with Crippen LogP contribution in [-0.4, -0.2) is 5.66 Å². The second-order valence-electron chi connectivity index (χ2n) is 8.56. The van der Waals surface area contributed by atoms with E-state index in [1.165, 1.54) is 42.0 Å². The highest BCUT2D eigenvalue weighted by molar-refractivity contribution is 5.74. The van der Waals surface area contributed by atoms with E-state index in [4.69, 9.17) is 0 Å². The van der Waals surface area contributed by atoms with Crippen molar-refractivity contribution >= 4 is 22.7 Å². The zero-order chi connectivity index (χ0) is 21.6. The number of hydrogen-bond acceptors (Lipinski definition) is 2. The summed E-state index contributed by atoms with van der Waals surface area (Å²) in [6.07, 6.45) is 5.91. The monoisotopic (exact) mass is 418 g/mol. The van der Waals surface area contributed by atoms with E-state index in [0.29, 0.717) is 0 Å². The van der Waals surface area contributed by atoms with Crippen LogP contribution in [0.25, 0.3) is 0 Å². The minimum atomic E-state index is -0.205. The lowest BCUT2D eigenvalue weighted by Crippen LogP contribution is -2.59. The Bertz CT molecular complexity index is 925. The van der Waals surface area contributed by atoms with Crippen molar-refractivity contribution in [2.24, 2.45) is 0 Å². The first-order valence-corrected chi connectivity index (χ1v) is 11.7. The van der Waals surface area contributed by atoms with E-state index >= 15 is 0 Å². The molecule has 4 aromatic carbocycles. The summed E-state index contributed by atoms with van der Waals surface area (Å²) in [5.74, 6) is 0. The summed E-state index contributed by atoms with van der Waals surface area (Å²) in [7, 11) is 0. The molecule has 1 fully saturated rings. The van der Waals surface area contributed by atoms with Crippen LogP contribution in [0.3, 0.4) is 0 Å². The molecule has 4 aromatic rings. The molecule has 0 amide bonds. The van der Waals surface area contributed by atoms with Gasteiger partial charge in [0.1, 0.15) is 5.66 Å². The average molecular weight is 419 g/mol. The van der Waals surface area contributed by atoms with Crippen LogP contribution in [0.1, 0.15) is 32.1 Å². The van der Waals surface area contributed by atoms with Crippen LogP contribution in [0, 0.1) is 0 Å². The molecule has 2 nitrogen and oxygen atoms in total. The van der Waals surface area contributed by atoms with Crippen molar-refractivity contribution < 1.29 is 0 Å². The summed E-state index contributed by atoms with van der Waals surface area (Å²) in [6, 6.07) is 43.6. The van der Waals surface area contributed by atoms with Crippen LogP contribution >= 0.6 is 0 Å². The number of benzene rings is 4. The summed E-state index contributed by atoms with van der Waals surface area (Å²) in [4.78, 5) is 5.18. The Balaban J connectivity index is 1.77. The molecule has 32 heavy (non-hydrogen) atoms. The van der Waals surface area contributed by atoms with Crippen LogP contribution < -0.4 is 9.80 Å². The van der Waals surface area contributed by atoms with Gasteiger partial charge in [-0.25, -0.2) is 0 Å². The van der Waals surface area contributed by atoms with Gasteiger partial charge in [0, 0.05) is 22.7 Å². The maximum Gasteiger partial charge on any atom is 0.122 e. The third-order valence-electron chi connectivity index (χ3n) is 6.54. The molecular formula is C30H30N2. The minimum absolute atomic E-state index is 0.205. The predicted molar refractivity (Wildman–Crippen MR) is 136 cm³/mol. The molecule has 5 rings (SSSR count). The number of hydrogen-bond donors (Lipinski definition) is 0. The van der Waals surface area contributed by atoms with Gasteiger partial charge in [-0.1, -0.05) is 79.2 Å². The lowest BCUT2D eigenvalue weighted by molar-refractivity contribution is 0.298. The molecule has 0 N–H and O–H groups in total. The SMILES string of the molecule is c1ccc(N(c2ccccc2)C2(N(c3ccccc3)c3ccccc3)CCCCC2)cc1. The van der Waals surface area contributed by atoms with Crippen LogP contribution in [0.4, 0.5) is 22.7 Å². The highest BCUT2D eigenvalue weighted by atomic mass is 15.4.